The normalized spacial score (nSPS) is 13.2. The summed E-state index contributed by atoms with van der Waals surface area (Å²) >= 11 is 0. The van der Waals surface area contributed by atoms with Gasteiger partial charge in [0.1, 0.15) is 81.4 Å². The number of hydrogen-bond donors (Lipinski definition) is 25. The molecule has 0 aliphatic rings. The van der Waals surface area contributed by atoms with Gasteiger partial charge in [-0.1, -0.05) is 196 Å². The number of carbonyl (C=O) groups excluding carboxylic acids is 13. The Morgan fingerprint density at radius 1 is 0.298 bits per heavy atom. The summed E-state index contributed by atoms with van der Waals surface area (Å²) in [5.74, 6) is -13.8. The first kappa shape index (κ1) is 104. The van der Waals surface area contributed by atoms with Gasteiger partial charge >= 0.3 is 36.4 Å². The van der Waals surface area contributed by atoms with Crippen molar-refractivity contribution in [1.82, 2.24) is 90.4 Å². The minimum Gasteiger partial charge on any atom is -0.480 e. The van der Waals surface area contributed by atoms with Crippen LogP contribution in [-0.2, 0) is 106 Å². The first-order chi connectivity index (χ1) is 62.7. The van der Waals surface area contributed by atoms with Crippen molar-refractivity contribution in [3.8, 4) is 0 Å². The van der Waals surface area contributed by atoms with Crippen LogP contribution in [0.5, 0.6) is 0 Å². The topological polar surface area (TPSA) is 672 Å². The minimum atomic E-state index is -1.95. The van der Waals surface area contributed by atoms with Crippen LogP contribution in [0.25, 0.3) is 0 Å². The molecule has 13 amide bonds. The highest BCUT2D eigenvalue weighted by atomic mass is 16.6. The number of ether oxygens (including phenoxy) is 5. The molecule has 11 atom stereocenters. The van der Waals surface area contributed by atoms with Gasteiger partial charge in [0.2, 0.25) is 47.3 Å². The van der Waals surface area contributed by atoms with E-state index in [0.29, 0.717) is 33.4 Å². The molecular weight excluding hydrogens is 1710 g/mol. The Morgan fingerprint density at radius 2 is 0.534 bits per heavy atom. The molecular formula is C87H114N22O22. The lowest BCUT2D eigenvalue weighted by Crippen LogP contribution is -2.62. The second-order valence-electron chi connectivity index (χ2n) is 29.9. The van der Waals surface area contributed by atoms with Crippen molar-refractivity contribution < 1.29 is 106 Å². The number of nitrogens with one attached hydrogen (secondary N) is 21. The van der Waals surface area contributed by atoms with Crippen molar-refractivity contribution in [1.29, 1.82) is 21.6 Å². The number of guanidine groups is 4. The van der Waals surface area contributed by atoms with Crippen LogP contribution in [0, 0.1) is 27.6 Å². The zero-order valence-corrected chi connectivity index (χ0v) is 72.4. The lowest BCUT2D eigenvalue weighted by atomic mass is 10.00. The number of rotatable bonds is 48. The van der Waals surface area contributed by atoms with Gasteiger partial charge in [0, 0.05) is 32.6 Å². The van der Waals surface area contributed by atoms with Crippen LogP contribution in [0.2, 0.25) is 0 Å². The average Bonchev–Trinajstić information content (AvgIpc) is 0.864. The van der Waals surface area contributed by atoms with Crippen molar-refractivity contribution >= 4 is 108 Å². The van der Waals surface area contributed by atoms with E-state index in [1.165, 1.54) is 0 Å². The van der Waals surface area contributed by atoms with Gasteiger partial charge < -0.3 is 114 Å². The fourth-order valence-corrected chi connectivity index (χ4v) is 12.1. The Kier molecular flexibility index (Phi) is 45.2. The number of carboxylic acid groups (broad SMARTS) is 1. The molecule has 44 heteroatoms. The number of carbonyl (C=O) groups is 14. The Bertz CT molecular complexity index is 4770. The van der Waals surface area contributed by atoms with Crippen LogP contribution in [0.3, 0.4) is 0 Å². The van der Waals surface area contributed by atoms with Gasteiger partial charge in [-0.3, -0.25) is 81.3 Å². The SMILES string of the molecule is CC(C)C[C@H](NC(=O)[C@@H](Cc1ccccc1)NC(=O)[C@H](CCNC(=N)NC(=O)OCc1ccccc1)NC(=O)[C@H](CCN)NC(=O)[C@H](CCNC(=N)NC(=O)OCc1ccccc1)NC(=O)[C@@H](NC(=O)OCc1ccccc1)[C@@H](C)O)C(=O)N[C@@H](CCNC(=N)NC(=O)OCc1ccccc1)C(=O)N[C@@H](CCNC(=N)NC(=O)OCc1ccccc1)C(=O)N[C@H](C(=O)O)[C@@H](C)O. The van der Waals surface area contributed by atoms with Gasteiger partial charge in [-0.15, -0.1) is 0 Å². The Morgan fingerprint density at radius 3 is 0.809 bits per heavy atom. The minimum absolute atomic E-state index is 0.166. The number of aliphatic hydroxyl groups is 2. The number of benzene rings is 6. The summed E-state index contributed by atoms with van der Waals surface area (Å²) in [5, 5.41) is 107. The summed E-state index contributed by atoms with van der Waals surface area (Å²) in [6.45, 7) is 2.58. The van der Waals surface area contributed by atoms with E-state index in [0.717, 1.165) is 13.8 Å². The number of nitrogens with two attached hydrogens (primary N) is 1. The van der Waals surface area contributed by atoms with Crippen molar-refractivity contribution in [2.45, 2.75) is 172 Å². The van der Waals surface area contributed by atoms with Crippen molar-refractivity contribution in [2.24, 2.45) is 11.7 Å². The van der Waals surface area contributed by atoms with E-state index in [1.54, 1.807) is 196 Å². The maximum atomic E-state index is 15.3. The zero-order chi connectivity index (χ0) is 95.6. The summed E-state index contributed by atoms with van der Waals surface area (Å²) in [6, 6.07) is 34.8. The molecule has 0 heterocycles. The van der Waals surface area contributed by atoms with Crippen LogP contribution < -0.4 is 96.1 Å². The zero-order valence-electron chi connectivity index (χ0n) is 72.4. The number of aliphatic carboxylic acids is 1. The van der Waals surface area contributed by atoms with Gasteiger partial charge in [0.25, 0.3) is 0 Å². The second-order valence-corrected chi connectivity index (χ2v) is 29.9. The number of amides is 13. The quantitative estimate of drug-likeness (QED) is 0.0144. The molecule has 0 unspecified atom stereocenters. The van der Waals surface area contributed by atoms with Crippen LogP contribution in [0.4, 0.5) is 24.0 Å². The monoisotopic (exact) mass is 1820 g/mol. The lowest BCUT2D eigenvalue weighted by molar-refractivity contribution is -0.145. The maximum absolute atomic E-state index is 15.3. The number of hydrogen-bond acceptors (Lipinski definition) is 26. The Balaban J connectivity index is 1.30. The largest absolute Gasteiger partial charge is 0.480 e. The molecule has 0 spiro atoms. The van der Waals surface area contributed by atoms with Crippen molar-refractivity contribution in [3.63, 3.8) is 0 Å². The summed E-state index contributed by atoms with van der Waals surface area (Å²) in [4.78, 5) is 195. The predicted octanol–water partition coefficient (Wildman–Crippen LogP) is 1.01. The number of aliphatic hydroxyl groups excluding tert-OH is 2. The molecule has 6 rings (SSSR count). The molecule has 0 fully saturated rings. The van der Waals surface area contributed by atoms with Gasteiger partial charge in [0.15, 0.2) is 29.9 Å². The van der Waals surface area contributed by atoms with Crippen molar-refractivity contribution in [2.75, 3.05) is 32.7 Å². The molecule has 0 saturated heterocycles. The lowest BCUT2D eigenvalue weighted by Gasteiger charge is -2.29. The number of carboxylic acids is 1. The number of alkyl carbamates (subject to hydrolysis) is 5. The van der Waals surface area contributed by atoms with E-state index in [-0.39, 0.29) is 59.0 Å². The predicted molar refractivity (Wildman–Crippen MR) is 474 cm³/mol. The highest BCUT2D eigenvalue weighted by Gasteiger charge is 2.38. The second kappa shape index (κ2) is 56.7. The van der Waals surface area contributed by atoms with Gasteiger partial charge in [-0.05, 0) is 98.2 Å². The van der Waals surface area contributed by atoms with Crippen molar-refractivity contribution in [3.05, 3.63) is 215 Å². The van der Waals surface area contributed by atoms with E-state index in [4.69, 9.17) is 51.1 Å². The Labute approximate surface area is 754 Å². The molecule has 0 aliphatic heterocycles. The third-order valence-electron chi connectivity index (χ3n) is 18.9. The van der Waals surface area contributed by atoms with Crippen LogP contribution in [-0.4, -0.2) is 222 Å². The molecule has 0 aromatic heterocycles. The highest BCUT2D eigenvalue weighted by molar-refractivity contribution is 6.00. The van der Waals surface area contributed by atoms with Crippen LogP contribution >= 0.6 is 0 Å². The van der Waals surface area contributed by atoms with Gasteiger partial charge in [0.05, 0.1) is 12.2 Å². The first-order valence-corrected chi connectivity index (χ1v) is 41.7. The molecule has 26 N–H and O–H groups in total. The summed E-state index contributed by atoms with van der Waals surface area (Å²) in [7, 11) is 0. The highest BCUT2D eigenvalue weighted by Crippen LogP contribution is 2.14. The fourth-order valence-electron chi connectivity index (χ4n) is 12.1. The summed E-state index contributed by atoms with van der Waals surface area (Å²) < 4.78 is 26.2. The molecule has 0 radical (unpaired) electrons. The summed E-state index contributed by atoms with van der Waals surface area (Å²) in [6.07, 6.45) is -11.7. The van der Waals surface area contributed by atoms with E-state index < -0.39 is 232 Å². The van der Waals surface area contributed by atoms with E-state index in [1.807, 2.05) is 0 Å². The molecule has 6 aromatic carbocycles. The third-order valence-corrected chi connectivity index (χ3v) is 18.9. The van der Waals surface area contributed by atoms with Gasteiger partial charge in [-0.2, -0.15) is 0 Å². The molecule has 44 nitrogen and oxygen atoms in total. The van der Waals surface area contributed by atoms with Crippen LogP contribution in [0.1, 0.15) is 99.6 Å². The third kappa shape index (κ3) is 40.9. The van der Waals surface area contributed by atoms with E-state index in [9.17, 15) is 68.1 Å². The molecule has 0 bridgehead atoms. The van der Waals surface area contributed by atoms with E-state index >= 15 is 14.4 Å². The fraction of sp³-hybridized carbons (Fsp3) is 0.379. The summed E-state index contributed by atoms with van der Waals surface area (Å²) in [5.41, 5.74) is 9.54. The molecule has 704 valence electrons. The van der Waals surface area contributed by atoms with E-state index in [2.05, 4.69) is 90.4 Å². The smallest absolute Gasteiger partial charge is 0.414 e. The maximum Gasteiger partial charge on any atom is 0.414 e. The first-order valence-electron chi connectivity index (χ1n) is 41.7. The molecule has 131 heavy (non-hydrogen) atoms. The standard InChI is InChI=1S/C87H114N22O22/c1-52(2)45-66(75(117)100-62(36-41-93-79(89)106-84(123)128-48-57-27-15-7-16-28-57)71(113)99-65(74(116)104-69(54(4)111)78(120)121)39-44-96-82(92)109-87(126)131-51-60-33-21-10-22-34-60)102-76(118)67(46-55-23-11-5-12-24-55)103-73(115)63(37-42-94-80(90)107-85(124)129-49-58-29-17-8-18-30-58)98-70(112)61(35-40-88)97-72(114)64(38-43-95-81(91)108-86(125)130-50-59-31-19-9-20-32-59)101-77(119)68(53(3)110)105-83(122)127-47-56-25-13-6-14-26-56/h5-34,52-54,61-69,110-111H,35-51,88H2,1-4H3,(H,97,114)(H,98,112)(H,99,113)(H,100,117)(H,101,119)(H,102,118)(H,103,115)(H,104,116)(H,105,122)(H,120,121)(H3,89,93,106,123)(H3,90,94,107,124)(H3,91,95,108,125)(H3,92,96,109,126)/t53-,54-,61+,62+,63+,64+,65+,66+,67-,68+,69+/m1/s1. The molecule has 0 aliphatic carbocycles. The molecule has 6 aromatic rings. The van der Waals surface area contributed by atoms with Gasteiger partial charge in [-0.25, -0.2) is 28.8 Å². The average molecular weight is 1820 g/mol. The van der Waals surface area contributed by atoms with Crippen LogP contribution in [0.15, 0.2) is 182 Å². The Hall–Kier alpha value is -15.3. The molecule has 0 saturated carbocycles.